The molecule has 1 aliphatic heterocycles. The van der Waals surface area contributed by atoms with E-state index in [1.54, 1.807) is 6.20 Å². The molecular formula is C19H24N6O2. The number of benzene rings is 1. The van der Waals surface area contributed by atoms with Gasteiger partial charge < -0.3 is 19.5 Å². The van der Waals surface area contributed by atoms with Crippen LogP contribution in [0.25, 0.3) is 11.0 Å². The quantitative estimate of drug-likeness (QED) is 0.739. The van der Waals surface area contributed by atoms with E-state index < -0.39 is 0 Å². The van der Waals surface area contributed by atoms with Gasteiger partial charge in [0.25, 0.3) is 5.91 Å². The fraction of sp³-hybridized carbons (Fsp3) is 0.421. The number of amides is 1. The first-order valence-electron chi connectivity index (χ1n) is 9.24. The Balaban J connectivity index is 1.51. The van der Waals surface area contributed by atoms with Crippen LogP contribution in [0.1, 0.15) is 22.8 Å². The highest BCUT2D eigenvalue weighted by Gasteiger charge is 2.18. The summed E-state index contributed by atoms with van der Waals surface area (Å²) in [4.78, 5) is 19.5. The third kappa shape index (κ3) is 3.52. The number of carbonyl (C=O) groups is 1. The standard InChI is InChI=1S/C19H24N6O2/c1-3-25-13-14(12-21-25)11-20-18(26)15-4-5-17-16(10-15)22-19(23(17)2)24-6-8-27-9-7-24/h4-5,10,12-13H,3,6-9,11H2,1-2H3,(H,20,26). The molecule has 8 nitrogen and oxygen atoms in total. The van der Waals surface area contributed by atoms with E-state index in [1.165, 1.54) is 0 Å². The number of fused-ring (bicyclic) bond motifs is 1. The first kappa shape index (κ1) is 17.5. The summed E-state index contributed by atoms with van der Waals surface area (Å²) in [5, 5.41) is 7.17. The van der Waals surface area contributed by atoms with E-state index in [0.717, 1.165) is 42.2 Å². The Morgan fingerprint density at radius 3 is 2.85 bits per heavy atom. The number of carbonyl (C=O) groups excluding carboxylic acids is 1. The van der Waals surface area contributed by atoms with Gasteiger partial charge in [-0.15, -0.1) is 0 Å². The van der Waals surface area contributed by atoms with Crippen molar-refractivity contribution in [3.05, 3.63) is 41.7 Å². The number of ether oxygens (including phenoxy) is 1. The number of anilines is 1. The number of hydrogen-bond donors (Lipinski definition) is 1. The lowest BCUT2D eigenvalue weighted by atomic mass is 10.2. The van der Waals surface area contributed by atoms with Gasteiger partial charge in [-0.25, -0.2) is 4.98 Å². The summed E-state index contributed by atoms with van der Waals surface area (Å²) in [6.07, 6.45) is 3.72. The van der Waals surface area contributed by atoms with Crippen LogP contribution in [0.2, 0.25) is 0 Å². The van der Waals surface area contributed by atoms with Gasteiger partial charge in [0.05, 0.1) is 30.4 Å². The molecule has 0 radical (unpaired) electrons. The van der Waals surface area contributed by atoms with Gasteiger partial charge in [0, 0.05) is 50.6 Å². The van der Waals surface area contributed by atoms with Gasteiger partial charge in [-0.3, -0.25) is 9.48 Å². The van der Waals surface area contributed by atoms with Crippen molar-refractivity contribution < 1.29 is 9.53 Å². The zero-order chi connectivity index (χ0) is 18.8. The Morgan fingerprint density at radius 2 is 2.11 bits per heavy atom. The molecule has 4 rings (SSSR count). The minimum absolute atomic E-state index is 0.111. The van der Waals surface area contributed by atoms with Gasteiger partial charge in [-0.1, -0.05) is 0 Å². The van der Waals surface area contributed by atoms with Crippen LogP contribution < -0.4 is 10.2 Å². The lowest BCUT2D eigenvalue weighted by Crippen LogP contribution is -2.37. The molecule has 0 bridgehead atoms. The third-order valence-electron chi connectivity index (χ3n) is 4.88. The summed E-state index contributed by atoms with van der Waals surface area (Å²) < 4.78 is 9.33. The molecule has 3 aromatic rings. The largest absolute Gasteiger partial charge is 0.378 e. The first-order chi connectivity index (χ1) is 13.2. The minimum atomic E-state index is -0.111. The van der Waals surface area contributed by atoms with Crippen molar-refractivity contribution >= 4 is 22.9 Å². The zero-order valence-corrected chi connectivity index (χ0v) is 15.7. The molecule has 0 spiro atoms. The van der Waals surface area contributed by atoms with E-state index in [0.29, 0.717) is 25.3 Å². The van der Waals surface area contributed by atoms with E-state index in [9.17, 15) is 4.79 Å². The van der Waals surface area contributed by atoms with E-state index in [1.807, 2.05) is 43.0 Å². The molecular weight excluding hydrogens is 344 g/mol. The monoisotopic (exact) mass is 368 g/mol. The van der Waals surface area contributed by atoms with Crippen LogP contribution >= 0.6 is 0 Å². The molecule has 1 saturated heterocycles. The zero-order valence-electron chi connectivity index (χ0n) is 15.7. The van der Waals surface area contributed by atoms with Crippen LogP contribution in [-0.4, -0.2) is 51.5 Å². The van der Waals surface area contributed by atoms with Gasteiger partial charge in [0.2, 0.25) is 5.95 Å². The van der Waals surface area contributed by atoms with Gasteiger partial charge in [-0.05, 0) is 25.1 Å². The topological polar surface area (TPSA) is 77.2 Å². The highest BCUT2D eigenvalue weighted by Crippen LogP contribution is 2.23. The summed E-state index contributed by atoms with van der Waals surface area (Å²) in [6, 6.07) is 5.65. The minimum Gasteiger partial charge on any atom is -0.378 e. The third-order valence-corrected chi connectivity index (χ3v) is 4.88. The van der Waals surface area contributed by atoms with Crippen molar-refractivity contribution in [3.8, 4) is 0 Å². The van der Waals surface area contributed by atoms with Gasteiger partial charge in [0.15, 0.2) is 0 Å². The Kier molecular flexibility index (Phi) is 4.81. The molecule has 0 saturated carbocycles. The van der Waals surface area contributed by atoms with Crippen molar-refractivity contribution in [2.45, 2.75) is 20.0 Å². The number of imidazole rings is 1. The van der Waals surface area contributed by atoms with Crippen molar-refractivity contribution in [2.24, 2.45) is 7.05 Å². The maximum absolute atomic E-state index is 12.5. The van der Waals surface area contributed by atoms with Crippen molar-refractivity contribution in [2.75, 3.05) is 31.2 Å². The summed E-state index contributed by atoms with van der Waals surface area (Å²) in [5.74, 6) is 0.803. The molecule has 142 valence electrons. The van der Waals surface area contributed by atoms with Crippen molar-refractivity contribution in [3.63, 3.8) is 0 Å². The molecule has 2 aromatic heterocycles. The molecule has 3 heterocycles. The van der Waals surface area contributed by atoms with Crippen molar-refractivity contribution in [1.82, 2.24) is 24.6 Å². The predicted molar refractivity (Wildman–Crippen MR) is 103 cm³/mol. The van der Waals surface area contributed by atoms with Gasteiger partial charge in [0.1, 0.15) is 0 Å². The fourth-order valence-electron chi connectivity index (χ4n) is 3.33. The average Bonchev–Trinajstić information content (AvgIpc) is 3.31. The highest BCUT2D eigenvalue weighted by atomic mass is 16.5. The van der Waals surface area contributed by atoms with Gasteiger partial charge in [-0.2, -0.15) is 5.10 Å². The summed E-state index contributed by atoms with van der Waals surface area (Å²) in [5.41, 5.74) is 3.43. The number of aromatic nitrogens is 4. The summed E-state index contributed by atoms with van der Waals surface area (Å²) in [6.45, 7) is 6.39. The molecule has 1 aromatic carbocycles. The lowest BCUT2D eigenvalue weighted by molar-refractivity contribution is 0.0951. The Bertz CT molecular complexity index is 954. The number of rotatable bonds is 5. The predicted octanol–water partition coefficient (Wildman–Crippen LogP) is 1.56. The SMILES string of the molecule is CCn1cc(CNC(=O)c2ccc3c(c2)nc(N2CCOCC2)n3C)cn1. The van der Waals surface area contributed by atoms with E-state index in [2.05, 4.69) is 19.9 Å². The first-order valence-corrected chi connectivity index (χ1v) is 9.24. The molecule has 1 amide bonds. The lowest BCUT2D eigenvalue weighted by Gasteiger charge is -2.27. The summed E-state index contributed by atoms with van der Waals surface area (Å²) >= 11 is 0. The normalized spacial score (nSPS) is 14.7. The van der Waals surface area contributed by atoms with E-state index >= 15 is 0 Å². The second-order valence-corrected chi connectivity index (χ2v) is 6.66. The van der Waals surface area contributed by atoms with Crippen LogP contribution in [0.15, 0.2) is 30.6 Å². The molecule has 0 unspecified atom stereocenters. The Labute approximate surface area is 157 Å². The molecule has 27 heavy (non-hydrogen) atoms. The number of nitrogens with one attached hydrogen (secondary N) is 1. The van der Waals surface area contributed by atoms with Gasteiger partial charge >= 0.3 is 0 Å². The maximum atomic E-state index is 12.5. The summed E-state index contributed by atoms with van der Waals surface area (Å²) in [7, 11) is 2.01. The highest BCUT2D eigenvalue weighted by molar-refractivity contribution is 5.97. The van der Waals surface area contributed by atoms with E-state index in [-0.39, 0.29) is 5.91 Å². The second-order valence-electron chi connectivity index (χ2n) is 6.66. The fourth-order valence-corrected chi connectivity index (χ4v) is 3.33. The molecule has 0 atom stereocenters. The smallest absolute Gasteiger partial charge is 0.251 e. The number of hydrogen-bond acceptors (Lipinski definition) is 5. The van der Waals surface area contributed by atoms with Crippen LogP contribution in [-0.2, 0) is 24.9 Å². The van der Waals surface area contributed by atoms with Crippen LogP contribution in [0.5, 0.6) is 0 Å². The molecule has 1 aliphatic rings. The number of aryl methyl sites for hydroxylation is 2. The van der Waals surface area contributed by atoms with Crippen LogP contribution in [0, 0.1) is 0 Å². The molecule has 1 N–H and O–H groups in total. The van der Waals surface area contributed by atoms with Crippen molar-refractivity contribution in [1.29, 1.82) is 0 Å². The number of morpholine rings is 1. The number of nitrogens with zero attached hydrogens (tertiary/aromatic N) is 5. The Morgan fingerprint density at radius 1 is 1.30 bits per heavy atom. The Hall–Kier alpha value is -2.87. The van der Waals surface area contributed by atoms with Crippen LogP contribution in [0.4, 0.5) is 5.95 Å². The average molecular weight is 368 g/mol. The second kappa shape index (κ2) is 7.40. The molecule has 1 fully saturated rings. The molecule has 0 aliphatic carbocycles. The van der Waals surface area contributed by atoms with Crippen LogP contribution in [0.3, 0.4) is 0 Å². The molecule has 8 heteroatoms. The maximum Gasteiger partial charge on any atom is 0.251 e. The van der Waals surface area contributed by atoms with E-state index in [4.69, 9.17) is 9.72 Å².